The van der Waals surface area contributed by atoms with Crippen LogP contribution in [0.4, 0.5) is 0 Å². The Morgan fingerprint density at radius 2 is 2.00 bits per heavy atom. The molecule has 0 aliphatic heterocycles. The molecule has 1 aromatic heterocycles. The Labute approximate surface area is 89.5 Å². The zero-order chi connectivity index (χ0) is 10.9. The van der Waals surface area contributed by atoms with Crippen LogP contribution in [0.15, 0.2) is 11.2 Å². The van der Waals surface area contributed by atoms with Gasteiger partial charge in [-0.1, -0.05) is 11.6 Å². The van der Waals surface area contributed by atoms with E-state index in [1.165, 1.54) is 0 Å². The number of nitrogens with zero attached hydrogens (tertiary/aromatic N) is 1. The van der Waals surface area contributed by atoms with Crippen molar-refractivity contribution in [2.45, 2.75) is 5.03 Å². The third kappa shape index (κ3) is 2.47. The van der Waals surface area contributed by atoms with E-state index in [1.54, 1.807) is 0 Å². The third-order valence-electron chi connectivity index (χ3n) is 1.13. The van der Waals surface area contributed by atoms with Gasteiger partial charge in [0.1, 0.15) is 5.15 Å². The first-order valence-electron chi connectivity index (χ1n) is 2.94. The number of aromatic amines is 1. The first-order chi connectivity index (χ1) is 6.32. The van der Waals surface area contributed by atoms with Gasteiger partial charge in [-0.15, -0.1) is 0 Å². The number of nitrogens with one attached hydrogen (secondary N) is 1. The highest BCUT2D eigenvalue weighted by Gasteiger charge is 2.16. The summed E-state index contributed by atoms with van der Waals surface area (Å²) in [5.41, 5.74) is 0. The number of hydrogen-bond acceptors (Lipinski definition) is 5. The molecule has 1 heterocycles. The first kappa shape index (κ1) is 11.5. The van der Waals surface area contributed by atoms with Gasteiger partial charge in [-0.3, -0.25) is 0 Å². The standard InChI is InChI=1S/C4H2Cl2N2O4S2/c5-3-4(14(6,11)12)7-1-2(8-3)13(9)10/h1,8H. The number of halogens is 2. The quantitative estimate of drug-likeness (QED) is 0.592. The maximum Gasteiger partial charge on any atom is 0.281 e. The molecule has 0 aliphatic carbocycles. The first-order valence-corrected chi connectivity index (χ1v) is 6.70. The zero-order valence-electron chi connectivity index (χ0n) is 6.23. The second-order valence-corrected chi connectivity index (χ2v) is 5.81. The molecule has 0 amide bonds. The number of H-pyrrole nitrogens is 1. The van der Waals surface area contributed by atoms with Crippen molar-refractivity contribution in [1.82, 2.24) is 9.97 Å². The van der Waals surface area contributed by atoms with E-state index in [0.717, 1.165) is 6.20 Å². The van der Waals surface area contributed by atoms with Crippen LogP contribution in [-0.4, -0.2) is 26.8 Å². The van der Waals surface area contributed by atoms with Crippen molar-refractivity contribution in [3.05, 3.63) is 16.0 Å². The average Bonchev–Trinajstić information content (AvgIpc) is 2.01. The normalized spacial score (nSPS) is 11.3. The Morgan fingerprint density at radius 1 is 1.43 bits per heavy atom. The van der Waals surface area contributed by atoms with Crippen molar-refractivity contribution in [3.8, 4) is 0 Å². The van der Waals surface area contributed by atoms with Gasteiger partial charge in [-0.2, -0.15) is 8.42 Å². The van der Waals surface area contributed by atoms with Crippen molar-refractivity contribution in [2.24, 2.45) is 0 Å². The molecule has 1 rings (SSSR count). The smallest absolute Gasteiger partial charge is 0.281 e. The summed E-state index contributed by atoms with van der Waals surface area (Å²) >= 11 is 5.40. The van der Waals surface area contributed by atoms with E-state index in [4.69, 9.17) is 22.3 Å². The van der Waals surface area contributed by atoms with Gasteiger partial charge in [0.25, 0.3) is 9.05 Å². The Hall–Kier alpha value is -0.570. The van der Waals surface area contributed by atoms with Crippen LogP contribution in [0.2, 0.25) is 5.15 Å². The van der Waals surface area contributed by atoms with Gasteiger partial charge < -0.3 is 4.98 Å². The van der Waals surface area contributed by atoms with E-state index in [1.807, 2.05) is 0 Å². The highest BCUT2D eigenvalue weighted by Crippen LogP contribution is 2.18. The van der Waals surface area contributed by atoms with Crippen molar-refractivity contribution < 1.29 is 16.8 Å². The molecule has 0 atom stereocenters. The predicted octanol–water partition coefficient (Wildman–Crippen LogP) is 0.402. The lowest BCUT2D eigenvalue weighted by Gasteiger charge is -1.96. The SMILES string of the molecule is O=S(=O)=c1cnc(S(=O)(=O)Cl)c(Cl)[nH]1. The average molecular weight is 277 g/mol. The van der Waals surface area contributed by atoms with E-state index in [-0.39, 0.29) is 4.64 Å². The highest BCUT2D eigenvalue weighted by atomic mass is 35.7. The topological polar surface area (TPSA) is 97.0 Å². The Morgan fingerprint density at radius 3 is 2.36 bits per heavy atom. The Bertz CT molecular complexity index is 622. The fourth-order valence-corrected chi connectivity index (χ4v) is 2.37. The van der Waals surface area contributed by atoms with Gasteiger partial charge >= 0.3 is 0 Å². The van der Waals surface area contributed by atoms with Crippen LogP contribution < -0.4 is 0 Å². The van der Waals surface area contributed by atoms with Crippen molar-refractivity contribution in [1.29, 1.82) is 0 Å². The molecular formula is C4H2Cl2N2O4S2. The van der Waals surface area contributed by atoms with Crippen molar-refractivity contribution >= 4 is 41.6 Å². The second-order valence-electron chi connectivity index (χ2n) is 2.04. The highest BCUT2D eigenvalue weighted by molar-refractivity contribution is 8.13. The van der Waals surface area contributed by atoms with Crippen LogP contribution in [0.25, 0.3) is 0 Å². The lowest BCUT2D eigenvalue weighted by Crippen LogP contribution is -1.98. The summed E-state index contributed by atoms with van der Waals surface area (Å²) < 4.78 is 42.0. The van der Waals surface area contributed by atoms with Crippen LogP contribution in [-0.2, 0) is 19.3 Å². The van der Waals surface area contributed by atoms with E-state index < -0.39 is 29.5 Å². The number of aromatic nitrogens is 2. The van der Waals surface area contributed by atoms with Gasteiger partial charge in [-0.25, -0.2) is 13.4 Å². The predicted molar refractivity (Wildman–Crippen MR) is 48.8 cm³/mol. The molecule has 78 valence electrons. The van der Waals surface area contributed by atoms with Crippen LogP contribution in [0.3, 0.4) is 0 Å². The molecular weight excluding hydrogens is 275 g/mol. The van der Waals surface area contributed by atoms with Gasteiger partial charge in [0.05, 0.1) is 6.20 Å². The fraction of sp³-hybridized carbons (Fsp3) is 0. The molecule has 6 nitrogen and oxygen atoms in total. The molecule has 0 unspecified atom stereocenters. The van der Waals surface area contributed by atoms with E-state index in [2.05, 4.69) is 9.97 Å². The van der Waals surface area contributed by atoms with E-state index in [0.29, 0.717) is 0 Å². The maximum atomic E-state index is 10.8. The summed E-state index contributed by atoms with van der Waals surface area (Å²) in [6, 6.07) is 0. The molecule has 0 fully saturated rings. The van der Waals surface area contributed by atoms with Crippen LogP contribution >= 0.6 is 22.3 Å². The van der Waals surface area contributed by atoms with Crippen molar-refractivity contribution in [2.75, 3.05) is 0 Å². The molecule has 0 spiro atoms. The minimum atomic E-state index is -4.08. The summed E-state index contributed by atoms with van der Waals surface area (Å²) in [6.45, 7) is 0. The number of hydrogen-bond donors (Lipinski definition) is 1. The molecule has 1 aromatic rings. The molecule has 0 saturated heterocycles. The zero-order valence-corrected chi connectivity index (χ0v) is 9.37. The van der Waals surface area contributed by atoms with Crippen LogP contribution in [0, 0.1) is 4.64 Å². The largest absolute Gasteiger partial charge is 0.330 e. The lowest BCUT2D eigenvalue weighted by molar-refractivity contribution is 0.604. The van der Waals surface area contributed by atoms with Gasteiger partial charge in [0.15, 0.2) is 4.64 Å². The summed E-state index contributed by atoms with van der Waals surface area (Å²) in [5.74, 6) is 0. The molecule has 1 N–H and O–H groups in total. The summed E-state index contributed by atoms with van der Waals surface area (Å²) in [6.07, 6.45) is 0.796. The molecule has 14 heavy (non-hydrogen) atoms. The summed E-state index contributed by atoms with van der Waals surface area (Å²) in [7, 11) is -1.70. The third-order valence-corrected chi connectivity index (χ3v) is 3.29. The number of rotatable bonds is 1. The Kier molecular flexibility index (Phi) is 3.20. The van der Waals surface area contributed by atoms with Gasteiger partial charge in [0, 0.05) is 10.7 Å². The van der Waals surface area contributed by atoms with Crippen LogP contribution in [0.1, 0.15) is 0 Å². The molecule has 0 saturated carbocycles. The van der Waals surface area contributed by atoms with Gasteiger partial charge in [0.2, 0.25) is 15.3 Å². The monoisotopic (exact) mass is 276 g/mol. The lowest BCUT2D eigenvalue weighted by atomic mass is 10.8. The molecule has 0 bridgehead atoms. The minimum absolute atomic E-state index is 0.334. The minimum Gasteiger partial charge on any atom is -0.330 e. The molecule has 0 aliphatic rings. The van der Waals surface area contributed by atoms with Gasteiger partial charge in [-0.05, 0) is 0 Å². The molecule has 0 radical (unpaired) electrons. The van der Waals surface area contributed by atoms with E-state index >= 15 is 0 Å². The molecule has 0 aromatic carbocycles. The maximum absolute atomic E-state index is 10.8. The van der Waals surface area contributed by atoms with Crippen molar-refractivity contribution in [3.63, 3.8) is 0 Å². The fourth-order valence-electron chi connectivity index (χ4n) is 0.623. The Balaban J connectivity index is 3.69. The summed E-state index contributed by atoms with van der Waals surface area (Å²) in [5, 5.41) is -1.07. The second kappa shape index (κ2) is 3.89. The summed E-state index contributed by atoms with van der Waals surface area (Å²) in [4.78, 5) is 5.40. The van der Waals surface area contributed by atoms with Crippen LogP contribution in [0.5, 0.6) is 0 Å². The molecule has 10 heteroatoms. The van der Waals surface area contributed by atoms with E-state index in [9.17, 15) is 16.8 Å².